The summed E-state index contributed by atoms with van der Waals surface area (Å²) in [7, 11) is 4.65. The molecule has 0 amide bonds. The molecule has 0 aliphatic carbocycles. The third-order valence-electron chi connectivity index (χ3n) is 3.16. The highest BCUT2D eigenvalue weighted by molar-refractivity contribution is 5.27. The van der Waals surface area contributed by atoms with E-state index >= 15 is 0 Å². The van der Waals surface area contributed by atoms with Crippen molar-refractivity contribution >= 4 is 0 Å². The second-order valence-corrected chi connectivity index (χ2v) is 4.42. The number of ether oxygens (including phenoxy) is 3. The van der Waals surface area contributed by atoms with Crippen molar-refractivity contribution in [1.29, 1.82) is 0 Å². The molecule has 0 saturated heterocycles. The highest BCUT2D eigenvalue weighted by Crippen LogP contribution is 2.33. The van der Waals surface area contributed by atoms with E-state index in [0.717, 1.165) is 5.56 Å². The first-order valence-corrected chi connectivity index (χ1v) is 6.07. The van der Waals surface area contributed by atoms with Crippen LogP contribution >= 0.6 is 0 Å². The molecule has 4 heteroatoms. The summed E-state index contributed by atoms with van der Waals surface area (Å²) in [5.74, 6) is -0.667. The Morgan fingerprint density at radius 3 is 2.32 bits per heavy atom. The molecule has 0 unspecified atom stereocenters. The minimum absolute atomic E-state index is 0.306. The van der Waals surface area contributed by atoms with E-state index in [1.807, 2.05) is 13.0 Å². The van der Waals surface area contributed by atoms with E-state index < -0.39 is 5.79 Å². The molecule has 0 aliphatic rings. The van der Waals surface area contributed by atoms with Crippen LogP contribution in [0.4, 0.5) is 4.39 Å². The highest BCUT2D eigenvalue weighted by atomic mass is 19.1. The fourth-order valence-electron chi connectivity index (χ4n) is 2.03. The van der Waals surface area contributed by atoms with Crippen LogP contribution in [0.2, 0.25) is 0 Å². The normalized spacial score (nSPS) is 11.4. The van der Waals surface area contributed by atoms with Crippen molar-refractivity contribution in [3.8, 4) is 0 Å². The van der Waals surface area contributed by atoms with E-state index in [1.165, 1.54) is 12.1 Å². The van der Waals surface area contributed by atoms with Gasteiger partial charge in [0.25, 0.3) is 0 Å². The summed E-state index contributed by atoms with van der Waals surface area (Å²) in [6.45, 7) is 5.60. The molecule has 0 N–H and O–H groups in total. The molecule has 1 aromatic carbocycles. The SMILES string of the molecule is C=C(CCC(OC)(OC)c1cc(C)cc(F)c1)OC. The van der Waals surface area contributed by atoms with Gasteiger partial charge in [0.2, 0.25) is 0 Å². The Kier molecular flexibility index (Phi) is 5.51. The molecule has 0 heterocycles. The van der Waals surface area contributed by atoms with Crippen LogP contribution in [-0.2, 0) is 20.0 Å². The molecule has 0 aromatic heterocycles. The summed E-state index contributed by atoms with van der Waals surface area (Å²) in [5.41, 5.74) is 1.47. The zero-order valence-corrected chi connectivity index (χ0v) is 12.0. The Morgan fingerprint density at radius 1 is 1.21 bits per heavy atom. The summed E-state index contributed by atoms with van der Waals surface area (Å²) >= 11 is 0. The van der Waals surface area contributed by atoms with E-state index in [9.17, 15) is 4.39 Å². The lowest BCUT2D eigenvalue weighted by molar-refractivity contribution is -0.220. The molecule has 0 radical (unpaired) electrons. The Labute approximate surface area is 114 Å². The third kappa shape index (κ3) is 3.78. The Morgan fingerprint density at radius 2 is 1.84 bits per heavy atom. The maximum Gasteiger partial charge on any atom is 0.194 e. The largest absolute Gasteiger partial charge is 0.502 e. The quantitative estimate of drug-likeness (QED) is 0.559. The summed E-state index contributed by atoms with van der Waals surface area (Å²) in [5, 5.41) is 0. The number of rotatable bonds is 7. The first kappa shape index (κ1) is 15.7. The lowest BCUT2D eigenvalue weighted by Crippen LogP contribution is -2.31. The van der Waals surface area contributed by atoms with E-state index in [-0.39, 0.29) is 5.82 Å². The minimum atomic E-state index is -0.992. The average Bonchev–Trinajstić information content (AvgIpc) is 2.39. The maximum absolute atomic E-state index is 13.5. The standard InChI is InChI=1S/C15H21FO3/c1-11-8-13(10-14(16)9-11)15(18-4,19-5)7-6-12(2)17-3/h8-10H,2,6-7H2,1,3-5H3. The predicted molar refractivity (Wildman–Crippen MR) is 72.2 cm³/mol. The van der Waals surface area contributed by atoms with Crippen molar-refractivity contribution in [3.63, 3.8) is 0 Å². The van der Waals surface area contributed by atoms with E-state index in [0.29, 0.717) is 24.2 Å². The smallest absolute Gasteiger partial charge is 0.194 e. The molecule has 106 valence electrons. The monoisotopic (exact) mass is 268 g/mol. The number of allylic oxidation sites excluding steroid dienone is 1. The second-order valence-electron chi connectivity index (χ2n) is 4.42. The van der Waals surface area contributed by atoms with Crippen LogP contribution in [0.15, 0.2) is 30.5 Å². The van der Waals surface area contributed by atoms with Gasteiger partial charge in [0.15, 0.2) is 5.79 Å². The minimum Gasteiger partial charge on any atom is -0.502 e. The van der Waals surface area contributed by atoms with Crippen molar-refractivity contribution in [1.82, 2.24) is 0 Å². The fraction of sp³-hybridized carbons (Fsp3) is 0.467. The van der Waals surface area contributed by atoms with Crippen LogP contribution < -0.4 is 0 Å². The lowest BCUT2D eigenvalue weighted by atomic mass is 9.98. The van der Waals surface area contributed by atoms with Crippen LogP contribution in [0.25, 0.3) is 0 Å². The number of halogens is 1. The lowest BCUT2D eigenvalue weighted by Gasteiger charge is -2.32. The van der Waals surface area contributed by atoms with E-state index in [2.05, 4.69) is 6.58 Å². The Balaban J connectivity index is 3.06. The zero-order valence-electron chi connectivity index (χ0n) is 12.0. The summed E-state index contributed by atoms with van der Waals surface area (Å²) in [4.78, 5) is 0. The maximum atomic E-state index is 13.5. The summed E-state index contributed by atoms with van der Waals surface area (Å²) in [6.07, 6.45) is 1.06. The molecule has 3 nitrogen and oxygen atoms in total. The molecule has 0 spiro atoms. The van der Waals surface area contributed by atoms with Gasteiger partial charge in [-0.25, -0.2) is 4.39 Å². The number of hydrogen-bond donors (Lipinski definition) is 0. The van der Waals surface area contributed by atoms with Gasteiger partial charge in [-0.3, -0.25) is 0 Å². The first-order valence-electron chi connectivity index (χ1n) is 6.07. The van der Waals surface area contributed by atoms with Crippen LogP contribution in [0.3, 0.4) is 0 Å². The molecule has 0 bridgehead atoms. The highest BCUT2D eigenvalue weighted by Gasteiger charge is 2.32. The molecular weight excluding hydrogens is 247 g/mol. The molecule has 1 aromatic rings. The number of hydrogen-bond acceptors (Lipinski definition) is 3. The van der Waals surface area contributed by atoms with Gasteiger partial charge in [0, 0.05) is 32.6 Å². The number of methoxy groups -OCH3 is 3. The number of benzene rings is 1. The summed E-state index contributed by atoms with van der Waals surface area (Å²) in [6, 6.07) is 4.74. The molecule has 0 saturated carbocycles. The van der Waals surface area contributed by atoms with Gasteiger partial charge in [-0.2, -0.15) is 0 Å². The average molecular weight is 268 g/mol. The van der Waals surface area contributed by atoms with Crippen molar-refractivity contribution in [2.45, 2.75) is 25.6 Å². The van der Waals surface area contributed by atoms with Crippen molar-refractivity contribution in [2.75, 3.05) is 21.3 Å². The Hall–Kier alpha value is -1.39. The van der Waals surface area contributed by atoms with Crippen LogP contribution in [0.5, 0.6) is 0 Å². The first-order chi connectivity index (χ1) is 8.97. The van der Waals surface area contributed by atoms with Gasteiger partial charge in [0.05, 0.1) is 12.9 Å². The molecule has 1 rings (SSSR count). The van der Waals surface area contributed by atoms with Crippen LogP contribution in [-0.4, -0.2) is 21.3 Å². The van der Waals surface area contributed by atoms with E-state index in [4.69, 9.17) is 14.2 Å². The fourth-order valence-corrected chi connectivity index (χ4v) is 2.03. The summed E-state index contributed by atoms with van der Waals surface area (Å²) < 4.78 is 29.6. The topological polar surface area (TPSA) is 27.7 Å². The zero-order chi connectivity index (χ0) is 14.5. The van der Waals surface area contributed by atoms with Crippen molar-refractivity contribution in [2.24, 2.45) is 0 Å². The van der Waals surface area contributed by atoms with Gasteiger partial charge in [-0.15, -0.1) is 0 Å². The van der Waals surface area contributed by atoms with E-state index in [1.54, 1.807) is 21.3 Å². The van der Waals surface area contributed by atoms with Gasteiger partial charge in [-0.05, 0) is 24.6 Å². The van der Waals surface area contributed by atoms with Crippen molar-refractivity contribution < 1.29 is 18.6 Å². The third-order valence-corrected chi connectivity index (χ3v) is 3.16. The molecule has 0 atom stereocenters. The predicted octanol–water partition coefficient (Wildman–Crippen LogP) is 3.52. The number of aryl methyl sites for hydroxylation is 1. The molecule has 19 heavy (non-hydrogen) atoms. The molecular formula is C15H21FO3. The molecule has 0 aliphatic heterocycles. The van der Waals surface area contributed by atoms with Crippen LogP contribution in [0.1, 0.15) is 24.0 Å². The van der Waals surface area contributed by atoms with Crippen LogP contribution in [0, 0.1) is 12.7 Å². The Bertz CT molecular complexity index is 419. The van der Waals surface area contributed by atoms with Gasteiger partial charge >= 0.3 is 0 Å². The molecule has 0 fully saturated rings. The second kappa shape index (κ2) is 6.68. The van der Waals surface area contributed by atoms with Crippen molar-refractivity contribution in [3.05, 3.63) is 47.5 Å². The van der Waals surface area contributed by atoms with Gasteiger partial charge in [-0.1, -0.05) is 12.6 Å². The van der Waals surface area contributed by atoms with Gasteiger partial charge < -0.3 is 14.2 Å². The van der Waals surface area contributed by atoms with Gasteiger partial charge in [0.1, 0.15) is 5.82 Å².